The van der Waals surface area contributed by atoms with Crippen LogP contribution in [0, 0.1) is 6.92 Å². The molecule has 0 atom stereocenters. The number of para-hydroxylation sites is 1. The molecule has 19 heavy (non-hydrogen) atoms. The number of hydrogen-bond acceptors (Lipinski definition) is 3. The standard InChI is InChI=1S/C14H13BrN4/c1-9-13(15)14(16)19(18-9)8-11-7-6-10-4-2-3-5-12(10)17-11/h2-7H,8,16H2,1H3. The molecule has 2 aromatic heterocycles. The number of hydrogen-bond donors (Lipinski definition) is 1. The number of rotatable bonds is 2. The Labute approximate surface area is 119 Å². The van der Waals surface area contributed by atoms with E-state index in [0.717, 1.165) is 26.8 Å². The lowest BCUT2D eigenvalue weighted by molar-refractivity contribution is 0.677. The van der Waals surface area contributed by atoms with E-state index in [1.165, 1.54) is 0 Å². The molecule has 1 aromatic carbocycles. The van der Waals surface area contributed by atoms with Crippen LogP contribution in [0.2, 0.25) is 0 Å². The van der Waals surface area contributed by atoms with E-state index >= 15 is 0 Å². The van der Waals surface area contributed by atoms with Crippen molar-refractivity contribution in [3.8, 4) is 0 Å². The number of aryl methyl sites for hydroxylation is 1. The maximum absolute atomic E-state index is 5.99. The third-order valence-corrected chi connectivity index (χ3v) is 4.04. The zero-order valence-electron chi connectivity index (χ0n) is 10.5. The van der Waals surface area contributed by atoms with E-state index in [1.807, 2.05) is 31.2 Å². The van der Waals surface area contributed by atoms with Crippen LogP contribution in [0.15, 0.2) is 40.9 Å². The van der Waals surface area contributed by atoms with Crippen molar-refractivity contribution in [1.29, 1.82) is 0 Å². The smallest absolute Gasteiger partial charge is 0.136 e. The maximum Gasteiger partial charge on any atom is 0.136 e. The first-order valence-electron chi connectivity index (χ1n) is 5.98. The summed E-state index contributed by atoms with van der Waals surface area (Å²) in [5.41, 5.74) is 8.81. The molecule has 0 aliphatic carbocycles. The zero-order chi connectivity index (χ0) is 13.4. The first-order valence-corrected chi connectivity index (χ1v) is 6.77. The number of fused-ring (bicyclic) bond motifs is 1. The summed E-state index contributed by atoms with van der Waals surface area (Å²) < 4.78 is 2.62. The second kappa shape index (κ2) is 4.66. The maximum atomic E-state index is 5.99. The molecule has 5 heteroatoms. The molecule has 0 saturated carbocycles. The van der Waals surface area contributed by atoms with Crippen LogP contribution >= 0.6 is 15.9 Å². The van der Waals surface area contributed by atoms with Crippen LogP contribution < -0.4 is 5.73 Å². The molecule has 3 aromatic rings. The number of halogens is 1. The summed E-state index contributed by atoms with van der Waals surface area (Å²) in [6.07, 6.45) is 0. The zero-order valence-corrected chi connectivity index (χ0v) is 12.1. The molecule has 96 valence electrons. The summed E-state index contributed by atoms with van der Waals surface area (Å²) in [5, 5.41) is 5.53. The molecule has 0 fully saturated rings. The minimum atomic E-state index is 0.573. The Morgan fingerprint density at radius 3 is 2.74 bits per heavy atom. The highest BCUT2D eigenvalue weighted by Gasteiger charge is 2.10. The van der Waals surface area contributed by atoms with Gasteiger partial charge in [0.2, 0.25) is 0 Å². The number of nitrogens with zero attached hydrogens (tertiary/aromatic N) is 3. The van der Waals surface area contributed by atoms with Gasteiger partial charge in [0.15, 0.2) is 0 Å². The molecule has 2 heterocycles. The van der Waals surface area contributed by atoms with Crippen LogP contribution in [0.4, 0.5) is 5.82 Å². The number of nitrogens with two attached hydrogens (primary N) is 1. The van der Waals surface area contributed by atoms with Gasteiger partial charge in [-0.3, -0.25) is 4.98 Å². The average molecular weight is 317 g/mol. The first-order chi connectivity index (χ1) is 9.15. The minimum Gasteiger partial charge on any atom is -0.383 e. The van der Waals surface area contributed by atoms with Gasteiger partial charge in [-0.15, -0.1) is 0 Å². The van der Waals surface area contributed by atoms with Crippen molar-refractivity contribution in [2.45, 2.75) is 13.5 Å². The summed E-state index contributed by atoms with van der Waals surface area (Å²) in [6.45, 7) is 2.49. The Morgan fingerprint density at radius 1 is 1.21 bits per heavy atom. The van der Waals surface area contributed by atoms with Gasteiger partial charge in [-0.2, -0.15) is 5.10 Å². The van der Waals surface area contributed by atoms with Crippen LogP contribution in [0.1, 0.15) is 11.4 Å². The van der Waals surface area contributed by atoms with Crippen molar-refractivity contribution < 1.29 is 0 Å². The van der Waals surface area contributed by atoms with E-state index in [1.54, 1.807) is 4.68 Å². The molecule has 4 nitrogen and oxygen atoms in total. The van der Waals surface area contributed by atoms with Crippen LogP contribution in [0.25, 0.3) is 10.9 Å². The lowest BCUT2D eigenvalue weighted by Crippen LogP contribution is -2.07. The monoisotopic (exact) mass is 316 g/mol. The van der Waals surface area contributed by atoms with Crippen LogP contribution in [0.5, 0.6) is 0 Å². The minimum absolute atomic E-state index is 0.573. The van der Waals surface area contributed by atoms with Crippen molar-refractivity contribution in [2.75, 3.05) is 5.73 Å². The highest BCUT2D eigenvalue weighted by Crippen LogP contribution is 2.23. The molecule has 0 aliphatic heterocycles. The summed E-state index contributed by atoms with van der Waals surface area (Å²) in [4.78, 5) is 4.62. The molecular formula is C14H13BrN4. The van der Waals surface area contributed by atoms with Crippen molar-refractivity contribution in [3.63, 3.8) is 0 Å². The summed E-state index contributed by atoms with van der Waals surface area (Å²) in [5.74, 6) is 0.632. The Morgan fingerprint density at radius 2 is 2.00 bits per heavy atom. The van der Waals surface area contributed by atoms with Gasteiger partial charge < -0.3 is 5.73 Å². The van der Waals surface area contributed by atoms with E-state index in [0.29, 0.717) is 12.4 Å². The van der Waals surface area contributed by atoms with Gasteiger partial charge in [-0.1, -0.05) is 24.3 Å². The third-order valence-electron chi connectivity index (χ3n) is 3.06. The molecule has 3 rings (SSSR count). The largest absolute Gasteiger partial charge is 0.383 e. The van der Waals surface area contributed by atoms with Gasteiger partial charge in [0, 0.05) is 5.39 Å². The molecule has 0 spiro atoms. The van der Waals surface area contributed by atoms with E-state index in [4.69, 9.17) is 5.73 Å². The number of anilines is 1. The summed E-state index contributed by atoms with van der Waals surface area (Å²) >= 11 is 3.42. The highest BCUT2D eigenvalue weighted by molar-refractivity contribution is 9.10. The van der Waals surface area contributed by atoms with Gasteiger partial charge in [0.05, 0.1) is 27.9 Å². The number of aromatic nitrogens is 3. The van der Waals surface area contributed by atoms with Gasteiger partial charge in [0.1, 0.15) is 5.82 Å². The Hall–Kier alpha value is -1.88. The van der Waals surface area contributed by atoms with E-state index in [2.05, 4.69) is 38.1 Å². The highest BCUT2D eigenvalue weighted by atomic mass is 79.9. The second-order valence-corrected chi connectivity index (χ2v) is 5.23. The number of benzene rings is 1. The fourth-order valence-electron chi connectivity index (χ4n) is 2.05. The lowest BCUT2D eigenvalue weighted by Gasteiger charge is -2.05. The molecule has 0 saturated heterocycles. The summed E-state index contributed by atoms with van der Waals surface area (Å²) in [6, 6.07) is 12.1. The van der Waals surface area contributed by atoms with Crippen LogP contribution in [0.3, 0.4) is 0 Å². The van der Waals surface area contributed by atoms with Gasteiger partial charge in [0.25, 0.3) is 0 Å². The van der Waals surface area contributed by atoms with Crippen LogP contribution in [-0.2, 0) is 6.54 Å². The van der Waals surface area contributed by atoms with Gasteiger partial charge in [-0.05, 0) is 35.0 Å². The molecule has 0 bridgehead atoms. The van der Waals surface area contributed by atoms with Crippen molar-refractivity contribution in [2.24, 2.45) is 0 Å². The van der Waals surface area contributed by atoms with E-state index < -0.39 is 0 Å². The predicted octanol–water partition coefficient (Wildman–Crippen LogP) is 3.13. The van der Waals surface area contributed by atoms with Crippen molar-refractivity contribution in [3.05, 3.63) is 52.3 Å². The number of nitrogen functional groups attached to an aromatic ring is 1. The summed E-state index contributed by atoms with van der Waals surface area (Å²) in [7, 11) is 0. The SMILES string of the molecule is Cc1nn(Cc2ccc3ccccc3n2)c(N)c1Br. The van der Waals surface area contributed by atoms with Crippen molar-refractivity contribution >= 4 is 32.7 Å². The van der Waals surface area contributed by atoms with Gasteiger partial charge >= 0.3 is 0 Å². The normalized spacial score (nSPS) is 11.1. The third kappa shape index (κ3) is 2.21. The molecule has 2 N–H and O–H groups in total. The Balaban J connectivity index is 1.98. The Bertz CT molecular complexity index is 748. The molecule has 0 radical (unpaired) electrons. The fraction of sp³-hybridized carbons (Fsp3) is 0.143. The molecular weight excluding hydrogens is 304 g/mol. The van der Waals surface area contributed by atoms with E-state index in [-0.39, 0.29) is 0 Å². The van der Waals surface area contributed by atoms with Gasteiger partial charge in [-0.25, -0.2) is 4.68 Å². The molecule has 0 aliphatic rings. The first kappa shape index (κ1) is 12.2. The predicted molar refractivity (Wildman–Crippen MR) is 79.9 cm³/mol. The second-order valence-electron chi connectivity index (χ2n) is 4.44. The quantitative estimate of drug-likeness (QED) is 0.790. The fourth-order valence-corrected chi connectivity index (χ4v) is 2.33. The van der Waals surface area contributed by atoms with Crippen molar-refractivity contribution in [1.82, 2.24) is 14.8 Å². The molecule has 0 amide bonds. The number of pyridine rings is 1. The van der Waals surface area contributed by atoms with Crippen LogP contribution in [-0.4, -0.2) is 14.8 Å². The van der Waals surface area contributed by atoms with E-state index in [9.17, 15) is 0 Å². The lowest BCUT2D eigenvalue weighted by atomic mass is 10.2. The Kier molecular flexibility index (Phi) is 2.98. The topological polar surface area (TPSA) is 56.7 Å². The molecule has 0 unspecified atom stereocenters. The average Bonchev–Trinajstić information content (AvgIpc) is 2.66.